The summed E-state index contributed by atoms with van der Waals surface area (Å²) in [6, 6.07) is 6.07. The lowest BCUT2D eigenvalue weighted by atomic mass is 9.96. The zero-order chi connectivity index (χ0) is 13.0. The lowest BCUT2D eigenvalue weighted by Crippen LogP contribution is -2.27. The second-order valence-electron chi connectivity index (χ2n) is 4.44. The third-order valence-electron chi connectivity index (χ3n) is 2.67. The van der Waals surface area contributed by atoms with Crippen LogP contribution in [0.1, 0.15) is 44.7 Å². The second-order valence-corrected chi connectivity index (χ2v) is 4.44. The highest BCUT2D eigenvalue weighted by molar-refractivity contribution is 5.68. The van der Waals surface area contributed by atoms with Crippen LogP contribution in [0.5, 0.6) is 0 Å². The van der Waals surface area contributed by atoms with Gasteiger partial charge in [-0.1, -0.05) is 26.0 Å². The number of hydrogen-bond donors (Lipinski definition) is 0. The molecule has 0 aliphatic heterocycles. The number of nitrogens with zero attached hydrogens (tertiary/aromatic N) is 1. The van der Waals surface area contributed by atoms with Gasteiger partial charge < -0.3 is 4.84 Å². The van der Waals surface area contributed by atoms with E-state index in [0.717, 1.165) is 5.69 Å². The van der Waals surface area contributed by atoms with Gasteiger partial charge in [-0.05, 0) is 37.0 Å². The van der Waals surface area contributed by atoms with Crippen LogP contribution in [-0.2, 0) is 9.63 Å². The molecule has 94 valence electrons. The Morgan fingerprint density at radius 1 is 1.41 bits per heavy atom. The van der Waals surface area contributed by atoms with Crippen LogP contribution >= 0.6 is 0 Å². The van der Waals surface area contributed by atoms with E-state index in [0.29, 0.717) is 12.5 Å². The Morgan fingerprint density at radius 3 is 2.53 bits per heavy atom. The standard InChI is InChI=1S/C14H21NO2/c1-6-15(17-12(5)16)13-9-7-8-11(4)14(13)10(2)3/h7-10H,6H2,1-5H3. The highest BCUT2D eigenvalue weighted by atomic mass is 16.7. The van der Waals surface area contributed by atoms with Gasteiger partial charge in [0.25, 0.3) is 0 Å². The fraction of sp³-hybridized carbons (Fsp3) is 0.500. The van der Waals surface area contributed by atoms with Gasteiger partial charge in [0, 0.05) is 6.92 Å². The number of carbonyl (C=O) groups excluding carboxylic acids is 1. The smallest absolute Gasteiger partial charge is 0.329 e. The van der Waals surface area contributed by atoms with Crippen molar-refractivity contribution in [2.75, 3.05) is 11.6 Å². The molecule has 17 heavy (non-hydrogen) atoms. The molecule has 0 spiro atoms. The van der Waals surface area contributed by atoms with Crippen LogP contribution in [0, 0.1) is 6.92 Å². The Hall–Kier alpha value is -1.51. The average Bonchev–Trinajstić information content (AvgIpc) is 2.24. The quantitative estimate of drug-likeness (QED) is 0.749. The van der Waals surface area contributed by atoms with Gasteiger partial charge in [-0.25, -0.2) is 5.06 Å². The largest absolute Gasteiger partial charge is 0.341 e. The monoisotopic (exact) mass is 235 g/mol. The Bertz CT molecular complexity index is 399. The summed E-state index contributed by atoms with van der Waals surface area (Å²) >= 11 is 0. The molecule has 0 fully saturated rings. The Morgan fingerprint density at radius 2 is 2.06 bits per heavy atom. The summed E-state index contributed by atoms with van der Waals surface area (Å²) in [5.74, 6) is 0.110. The first-order chi connectivity index (χ1) is 7.97. The first kappa shape index (κ1) is 13.6. The molecule has 0 N–H and O–H groups in total. The molecule has 1 aromatic carbocycles. The first-order valence-electron chi connectivity index (χ1n) is 6.03. The second kappa shape index (κ2) is 5.71. The molecule has 0 aliphatic rings. The molecule has 3 heteroatoms. The van der Waals surface area contributed by atoms with Gasteiger partial charge in [-0.15, -0.1) is 0 Å². The third kappa shape index (κ3) is 3.22. The number of anilines is 1. The maximum atomic E-state index is 11.1. The average molecular weight is 235 g/mol. The Kier molecular flexibility index (Phi) is 4.55. The van der Waals surface area contributed by atoms with Gasteiger partial charge in [0.1, 0.15) is 0 Å². The van der Waals surface area contributed by atoms with E-state index >= 15 is 0 Å². The number of rotatable bonds is 4. The zero-order valence-electron chi connectivity index (χ0n) is 11.3. The van der Waals surface area contributed by atoms with Gasteiger partial charge >= 0.3 is 5.97 Å². The summed E-state index contributed by atoms with van der Waals surface area (Å²) in [6.45, 7) is 10.4. The van der Waals surface area contributed by atoms with E-state index in [1.807, 2.05) is 19.1 Å². The van der Waals surface area contributed by atoms with Crippen molar-refractivity contribution in [3.63, 3.8) is 0 Å². The van der Waals surface area contributed by atoms with E-state index < -0.39 is 0 Å². The lowest BCUT2D eigenvalue weighted by molar-refractivity contribution is -0.142. The van der Waals surface area contributed by atoms with Crippen molar-refractivity contribution in [3.05, 3.63) is 29.3 Å². The van der Waals surface area contributed by atoms with Crippen LogP contribution in [0.15, 0.2) is 18.2 Å². The van der Waals surface area contributed by atoms with Crippen molar-refractivity contribution >= 4 is 11.7 Å². The van der Waals surface area contributed by atoms with E-state index in [9.17, 15) is 4.79 Å². The van der Waals surface area contributed by atoms with Gasteiger partial charge in [0.05, 0.1) is 12.2 Å². The number of aryl methyl sites for hydroxylation is 1. The maximum absolute atomic E-state index is 11.1. The molecule has 0 saturated heterocycles. The number of hydrogen-bond acceptors (Lipinski definition) is 3. The van der Waals surface area contributed by atoms with Crippen molar-refractivity contribution in [1.82, 2.24) is 0 Å². The van der Waals surface area contributed by atoms with E-state index in [2.05, 4.69) is 26.8 Å². The van der Waals surface area contributed by atoms with E-state index in [1.165, 1.54) is 18.1 Å². The highest BCUT2D eigenvalue weighted by Gasteiger charge is 2.16. The normalized spacial score (nSPS) is 10.5. The van der Waals surface area contributed by atoms with Crippen molar-refractivity contribution in [2.24, 2.45) is 0 Å². The fourth-order valence-corrected chi connectivity index (χ4v) is 2.07. The van der Waals surface area contributed by atoms with Gasteiger partial charge in [0.15, 0.2) is 0 Å². The Labute approximate surface area is 103 Å². The fourth-order valence-electron chi connectivity index (χ4n) is 2.07. The summed E-state index contributed by atoms with van der Waals surface area (Å²) in [5.41, 5.74) is 3.44. The molecule has 0 amide bonds. The summed E-state index contributed by atoms with van der Waals surface area (Å²) in [6.07, 6.45) is 0. The van der Waals surface area contributed by atoms with Gasteiger partial charge in [0.2, 0.25) is 0 Å². The molecule has 0 bridgehead atoms. The molecule has 0 saturated carbocycles. The van der Waals surface area contributed by atoms with Crippen LogP contribution in [0.25, 0.3) is 0 Å². The first-order valence-corrected chi connectivity index (χ1v) is 6.03. The molecule has 0 radical (unpaired) electrons. The van der Waals surface area contributed by atoms with Crippen LogP contribution in [0.4, 0.5) is 5.69 Å². The molecule has 0 heterocycles. The third-order valence-corrected chi connectivity index (χ3v) is 2.67. The zero-order valence-corrected chi connectivity index (χ0v) is 11.3. The molecule has 0 unspecified atom stereocenters. The summed E-state index contributed by atoms with van der Waals surface area (Å²) in [7, 11) is 0. The van der Waals surface area contributed by atoms with E-state index in [4.69, 9.17) is 4.84 Å². The SMILES string of the molecule is CCN(OC(C)=O)c1cccc(C)c1C(C)C. The molecule has 0 aromatic heterocycles. The minimum absolute atomic E-state index is 0.289. The molecule has 0 atom stereocenters. The van der Waals surface area contributed by atoms with E-state index in [-0.39, 0.29) is 5.97 Å². The number of hydroxylamine groups is 1. The topological polar surface area (TPSA) is 29.5 Å². The molecule has 0 aliphatic carbocycles. The minimum Gasteiger partial charge on any atom is -0.341 e. The summed E-state index contributed by atoms with van der Waals surface area (Å²) < 4.78 is 0. The number of benzene rings is 1. The minimum atomic E-state index is -0.289. The molecular weight excluding hydrogens is 214 g/mol. The number of carbonyl (C=O) groups is 1. The predicted molar refractivity (Wildman–Crippen MR) is 70.1 cm³/mol. The van der Waals surface area contributed by atoms with Crippen LogP contribution in [-0.4, -0.2) is 12.5 Å². The van der Waals surface area contributed by atoms with Crippen molar-refractivity contribution in [3.8, 4) is 0 Å². The maximum Gasteiger partial charge on any atom is 0.329 e. The van der Waals surface area contributed by atoms with Crippen LogP contribution < -0.4 is 5.06 Å². The Balaban J connectivity index is 3.18. The van der Waals surface area contributed by atoms with Crippen molar-refractivity contribution in [1.29, 1.82) is 0 Å². The summed E-state index contributed by atoms with van der Waals surface area (Å²) in [4.78, 5) is 16.3. The van der Waals surface area contributed by atoms with Crippen LogP contribution in [0.3, 0.4) is 0 Å². The molecule has 1 rings (SSSR count). The lowest BCUT2D eigenvalue weighted by Gasteiger charge is -2.26. The van der Waals surface area contributed by atoms with Gasteiger partial charge in [-0.2, -0.15) is 0 Å². The molecular formula is C14H21NO2. The molecule has 1 aromatic rings. The van der Waals surface area contributed by atoms with E-state index in [1.54, 1.807) is 5.06 Å². The van der Waals surface area contributed by atoms with Crippen LogP contribution in [0.2, 0.25) is 0 Å². The van der Waals surface area contributed by atoms with Crippen molar-refractivity contribution in [2.45, 2.75) is 40.5 Å². The van der Waals surface area contributed by atoms with Crippen molar-refractivity contribution < 1.29 is 9.63 Å². The molecule has 3 nitrogen and oxygen atoms in total. The van der Waals surface area contributed by atoms with Gasteiger partial charge in [-0.3, -0.25) is 4.79 Å². The summed E-state index contributed by atoms with van der Waals surface area (Å²) in [5, 5.41) is 1.66. The predicted octanol–water partition coefficient (Wildman–Crippen LogP) is 3.42. The highest BCUT2D eigenvalue weighted by Crippen LogP contribution is 2.30.